The molecule has 6 heteroatoms. The normalized spacial score (nSPS) is 10.8. The average molecular weight is 283 g/mol. The van der Waals surface area contributed by atoms with Gasteiger partial charge in [-0.25, -0.2) is 9.97 Å². The molecule has 0 amide bonds. The van der Waals surface area contributed by atoms with Gasteiger partial charge in [0.15, 0.2) is 5.65 Å². The lowest BCUT2D eigenvalue weighted by Gasteiger charge is -2.07. The van der Waals surface area contributed by atoms with E-state index in [1.54, 1.807) is 11.8 Å². The number of hydrogen-bond acceptors (Lipinski definition) is 5. The minimum absolute atomic E-state index is 0.615. The van der Waals surface area contributed by atoms with Crippen molar-refractivity contribution in [2.24, 2.45) is 7.05 Å². The average Bonchev–Trinajstić information content (AvgIpc) is 2.80. The number of ether oxygens (including phenoxy) is 1. The van der Waals surface area contributed by atoms with Crippen LogP contribution in [0.25, 0.3) is 11.0 Å². The van der Waals surface area contributed by atoms with Gasteiger partial charge in [-0.3, -0.25) is 4.68 Å². The SMILES string of the molecule is COc1cccc(CNc2cnc3c(c2)c(C)nn3C)n1. The van der Waals surface area contributed by atoms with Gasteiger partial charge in [0, 0.05) is 18.5 Å². The summed E-state index contributed by atoms with van der Waals surface area (Å²) in [4.78, 5) is 8.81. The molecular formula is C15H17N5O. The molecule has 3 aromatic heterocycles. The quantitative estimate of drug-likeness (QED) is 0.796. The van der Waals surface area contributed by atoms with Crippen molar-refractivity contribution in [2.45, 2.75) is 13.5 Å². The van der Waals surface area contributed by atoms with Crippen molar-refractivity contribution < 1.29 is 4.74 Å². The number of aromatic nitrogens is 4. The second-order valence-electron chi connectivity index (χ2n) is 4.83. The van der Waals surface area contributed by atoms with Crippen molar-refractivity contribution in [3.63, 3.8) is 0 Å². The summed E-state index contributed by atoms with van der Waals surface area (Å²) in [5.41, 5.74) is 3.72. The van der Waals surface area contributed by atoms with Crippen molar-refractivity contribution >= 4 is 16.7 Å². The Balaban J connectivity index is 1.80. The molecule has 0 spiro atoms. The predicted molar refractivity (Wildman–Crippen MR) is 81.4 cm³/mol. The third kappa shape index (κ3) is 2.65. The molecule has 0 aliphatic heterocycles. The predicted octanol–water partition coefficient (Wildman–Crippen LogP) is 2.29. The summed E-state index contributed by atoms with van der Waals surface area (Å²) in [5, 5.41) is 8.75. The molecule has 0 fully saturated rings. The number of nitrogens with zero attached hydrogens (tertiary/aromatic N) is 4. The highest BCUT2D eigenvalue weighted by Crippen LogP contribution is 2.19. The first kappa shape index (κ1) is 13.4. The van der Waals surface area contributed by atoms with Crippen LogP contribution in [-0.2, 0) is 13.6 Å². The number of methoxy groups -OCH3 is 1. The molecule has 0 aromatic carbocycles. The molecule has 0 saturated heterocycles. The van der Waals surface area contributed by atoms with Gasteiger partial charge in [0.1, 0.15) is 0 Å². The zero-order valence-electron chi connectivity index (χ0n) is 12.3. The maximum absolute atomic E-state index is 5.12. The van der Waals surface area contributed by atoms with Gasteiger partial charge in [-0.2, -0.15) is 5.10 Å². The smallest absolute Gasteiger partial charge is 0.213 e. The molecule has 21 heavy (non-hydrogen) atoms. The third-order valence-electron chi connectivity index (χ3n) is 3.33. The van der Waals surface area contributed by atoms with Crippen LogP contribution >= 0.6 is 0 Å². The van der Waals surface area contributed by atoms with E-state index in [4.69, 9.17) is 4.74 Å². The van der Waals surface area contributed by atoms with Crippen LogP contribution in [0.4, 0.5) is 5.69 Å². The summed E-state index contributed by atoms with van der Waals surface area (Å²) in [6.45, 7) is 2.60. The number of hydrogen-bond donors (Lipinski definition) is 1. The van der Waals surface area contributed by atoms with Crippen molar-refractivity contribution in [2.75, 3.05) is 12.4 Å². The molecule has 3 rings (SSSR count). The highest BCUT2D eigenvalue weighted by atomic mass is 16.5. The van der Waals surface area contributed by atoms with Gasteiger partial charge in [0.05, 0.1) is 36.9 Å². The fourth-order valence-corrected chi connectivity index (χ4v) is 2.27. The zero-order chi connectivity index (χ0) is 14.8. The minimum Gasteiger partial charge on any atom is -0.481 e. The first-order chi connectivity index (χ1) is 10.2. The molecule has 0 radical (unpaired) electrons. The Bertz CT molecular complexity index is 781. The molecule has 0 atom stereocenters. The minimum atomic E-state index is 0.615. The lowest BCUT2D eigenvalue weighted by molar-refractivity contribution is 0.396. The van der Waals surface area contributed by atoms with E-state index in [0.717, 1.165) is 28.1 Å². The van der Waals surface area contributed by atoms with Crippen LogP contribution in [0.1, 0.15) is 11.4 Å². The van der Waals surface area contributed by atoms with Crippen LogP contribution in [0, 0.1) is 6.92 Å². The molecule has 0 saturated carbocycles. The highest BCUT2D eigenvalue weighted by Gasteiger charge is 2.07. The number of pyridine rings is 2. The van der Waals surface area contributed by atoms with Crippen LogP contribution in [0.2, 0.25) is 0 Å². The summed E-state index contributed by atoms with van der Waals surface area (Å²) in [6, 6.07) is 7.77. The van der Waals surface area contributed by atoms with Crippen molar-refractivity contribution in [3.8, 4) is 5.88 Å². The van der Waals surface area contributed by atoms with Gasteiger partial charge in [0.2, 0.25) is 5.88 Å². The first-order valence-corrected chi connectivity index (χ1v) is 6.70. The summed E-state index contributed by atoms with van der Waals surface area (Å²) in [5.74, 6) is 0.617. The molecule has 0 bridgehead atoms. The second-order valence-corrected chi connectivity index (χ2v) is 4.83. The standard InChI is InChI=1S/C15H17N5O/c1-10-13-7-12(9-17-15(13)20(2)19-10)16-8-11-5-4-6-14(18-11)21-3/h4-7,9,16H,8H2,1-3H3. The zero-order valence-corrected chi connectivity index (χ0v) is 12.3. The van der Waals surface area contributed by atoms with Gasteiger partial charge >= 0.3 is 0 Å². The van der Waals surface area contributed by atoms with E-state index >= 15 is 0 Å². The van der Waals surface area contributed by atoms with Crippen LogP contribution in [0.15, 0.2) is 30.5 Å². The Morgan fingerprint density at radius 2 is 2.19 bits per heavy atom. The molecule has 1 N–H and O–H groups in total. The number of nitrogens with one attached hydrogen (secondary N) is 1. The van der Waals surface area contributed by atoms with Gasteiger partial charge in [-0.15, -0.1) is 0 Å². The van der Waals surface area contributed by atoms with E-state index in [1.807, 2.05) is 38.4 Å². The molecule has 0 aliphatic rings. The molecule has 0 unspecified atom stereocenters. The lowest BCUT2D eigenvalue weighted by atomic mass is 10.2. The fourth-order valence-electron chi connectivity index (χ4n) is 2.27. The molecule has 0 aliphatic carbocycles. The fraction of sp³-hybridized carbons (Fsp3) is 0.267. The maximum Gasteiger partial charge on any atom is 0.213 e. The molecular weight excluding hydrogens is 266 g/mol. The summed E-state index contributed by atoms with van der Waals surface area (Å²) < 4.78 is 6.91. The summed E-state index contributed by atoms with van der Waals surface area (Å²) in [6.07, 6.45) is 1.81. The van der Waals surface area contributed by atoms with Gasteiger partial charge in [-0.1, -0.05) is 6.07 Å². The summed E-state index contributed by atoms with van der Waals surface area (Å²) in [7, 11) is 3.51. The monoisotopic (exact) mass is 283 g/mol. The molecule has 108 valence electrons. The van der Waals surface area contributed by atoms with Crippen molar-refractivity contribution in [1.82, 2.24) is 19.7 Å². The van der Waals surface area contributed by atoms with Gasteiger partial charge in [0.25, 0.3) is 0 Å². The molecule has 6 nitrogen and oxygen atoms in total. The van der Waals surface area contributed by atoms with E-state index < -0.39 is 0 Å². The van der Waals surface area contributed by atoms with E-state index in [1.165, 1.54) is 0 Å². The largest absolute Gasteiger partial charge is 0.481 e. The van der Waals surface area contributed by atoms with Gasteiger partial charge in [-0.05, 0) is 19.1 Å². The van der Waals surface area contributed by atoms with Crippen molar-refractivity contribution in [3.05, 3.63) is 41.9 Å². The Morgan fingerprint density at radius 3 is 3.00 bits per heavy atom. The van der Waals surface area contributed by atoms with Crippen molar-refractivity contribution in [1.29, 1.82) is 0 Å². The lowest BCUT2D eigenvalue weighted by Crippen LogP contribution is -2.03. The number of aryl methyl sites for hydroxylation is 2. The van der Waals surface area contributed by atoms with Crippen LogP contribution in [-0.4, -0.2) is 26.9 Å². The Morgan fingerprint density at radius 1 is 1.33 bits per heavy atom. The summed E-state index contributed by atoms with van der Waals surface area (Å²) >= 11 is 0. The first-order valence-electron chi connectivity index (χ1n) is 6.70. The maximum atomic E-state index is 5.12. The number of fused-ring (bicyclic) bond motifs is 1. The van der Waals surface area contributed by atoms with Crippen LogP contribution in [0.3, 0.4) is 0 Å². The number of rotatable bonds is 4. The Hall–Kier alpha value is -2.63. The second kappa shape index (κ2) is 5.40. The van der Waals surface area contributed by atoms with E-state index in [0.29, 0.717) is 12.4 Å². The topological polar surface area (TPSA) is 64.9 Å². The number of anilines is 1. The highest BCUT2D eigenvalue weighted by molar-refractivity contribution is 5.81. The molecule has 3 aromatic rings. The Kier molecular flexibility index (Phi) is 3.43. The third-order valence-corrected chi connectivity index (χ3v) is 3.33. The van der Waals surface area contributed by atoms with E-state index in [-0.39, 0.29) is 0 Å². The van der Waals surface area contributed by atoms with E-state index in [2.05, 4.69) is 26.4 Å². The van der Waals surface area contributed by atoms with E-state index in [9.17, 15) is 0 Å². The Labute approximate surface area is 122 Å². The van der Waals surface area contributed by atoms with Gasteiger partial charge < -0.3 is 10.1 Å². The van der Waals surface area contributed by atoms with Crippen LogP contribution < -0.4 is 10.1 Å². The molecule has 3 heterocycles. The van der Waals surface area contributed by atoms with Crippen LogP contribution in [0.5, 0.6) is 5.88 Å².